The lowest BCUT2D eigenvalue weighted by Crippen LogP contribution is -2.17. The fraction of sp³-hybridized carbons (Fsp3) is 0.250. The predicted octanol–water partition coefficient (Wildman–Crippen LogP) is 1.84. The van der Waals surface area contributed by atoms with Gasteiger partial charge in [0, 0.05) is 11.5 Å². The van der Waals surface area contributed by atoms with E-state index in [1.165, 1.54) is 0 Å². The van der Waals surface area contributed by atoms with Gasteiger partial charge in [0.2, 0.25) is 0 Å². The van der Waals surface area contributed by atoms with Gasteiger partial charge in [-0.05, 0) is 28.1 Å². The molecule has 11 heavy (non-hydrogen) atoms. The van der Waals surface area contributed by atoms with Crippen LogP contribution in [0.1, 0.15) is 0 Å². The first-order chi connectivity index (χ1) is 5.25. The van der Waals surface area contributed by atoms with E-state index in [4.69, 9.17) is 5.11 Å². The third kappa shape index (κ3) is 1.94. The molecule has 0 aliphatic carbocycles. The molecule has 0 unspecified atom stereocenters. The number of aliphatic hydroxyl groups is 1. The molecule has 1 aromatic rings. The lowest BCUT2D eigenvalue weighted by molar-refractivity contribution is 0.298. The Hall–Kier alpha value is -0.540. The van der Waals surface area contributed by atoms with Gasteiger partial charge in [0.05, 0.1) is 5.69 Å². The smallest absolute Gasteiger partial charge is 0.115 e. The molecule has 0 aromatic heterocycles. The van der Waals surface area contributed by atoms with Crippen LogP contribution in [0.2, 0.25) is 0 Å². The van der Waals surface area contributed by atoms with Crippen LogP contribution in [0, 0.1) is 0 Å². The number of hydrogen-bond acceptors (Lipinski definition) is 2. The molecule has 1 N–H and O–H groups in total. The zero-order valence-electron chi connectivity index (χ0n) is 6.29. The lowest BCUT2D eigenvalue weighted by atomic mass is 10.3. The molecule has 0 spiro atoms. The second kappa shape index (κ2) is 3.74. The SMILES string of the molecule is CN(CO)c1ccccc1Br. The van der Waals surface area contributed by atoms with Gasteiger partial charge in [0.1, 0.15) is 6.73 Å². The van der Waals surface area contributed by atoms with Crippen molar-refractivity contribution in [3.8, 4) is 0 Å². The van der Waals surface area contributed by atoms with Crippen LogP contribution in [-0.4, -0.2) is 18.9 Å². The third-order valence-electron chi connectivity index (χ3n) is 1.48. The first-order valence-corrected chi connectivity index (χ1v) is 4.11. The van der Waals surface area contributed by atoms with Crippen LogP contribution in [0.25, 0.3) is 0 Å². The van der Waals surface area contributed by atoms with Crippen molar-refractivity contribution in [3.05, 3.63) is 28.7 Å². The monoisotopic (exact) mass is 215 g/mol. The molecule has 0 saturated carbocycles. The number of nitrogens with zero attached hydrogens (tertiary/aromatic N) is 1. The molecule has 0 radical (unpaired) electrons. The maximum absolute atomic E-state index is 8.82. The maximum atomic E-state index is 8.82. The number of para-hydroxylation sites is 1. The third-order valence-corrected chi connectivity index (χ3v) is 2.15. The molecule has 0 aliphatic heterocycles. The predicted molar refractivity (Wildman–Crippen MR) is 49.6 cm³/mol. The Labute approximate surface area is 74.6 Å². The zero-order valence-corrected chi connectivity index (χ0v) is 7.87. The van der Waals surface area contributed by atoms with E-state index in [1.807, 2.05) is 31.3 Å². The normalized spacial score (nSPS) is 9.73. The summed E-state index contributed by atoms with van der Waals surface area (Å²) in [5, 5.41) is 8.82. The van der Waals surface area contributed by atoms with Crippen LogP contribution < -0.4 is 4.90 Å². The number of hydrogen-bond donors (Lipinski definition) is 1. The fourth-order valence-corrected chi connectivity index (χ4v) is 1.42. The summed E-state index contributed by atoms with van der Waals surface area (Å²) in [4.78, 5) is 1.75. The topological polar surface area (TPSA) is 23.5 Å². The first-order valence-electron chi connectivity index (χ1n) is 3.32. The van der Waals surface area contributed by atoms with Gasteiger partial charge in [0.15, 0.2) is 0 Å². The van der Waals surface area contributed by atoms with Gasteiger partial charge >= 0.3 is 0 Å². The molecule has 1 aromatic carbocycles. The van der Waals surface area contributed by atoms with E-state index < -0.39 is 0 Å². The first kappa shape index (κ1) is 8.56. The Morgan fingerprint density at radius 3 is 2.64 bits per heavy atom. The van der Waals surface area contributed by atoms with Crippen molar-refractivity contribution in [3.63, 3.8) is 0 Å². The van der Waals surface area contributed by atoms with E-state index in [-0.39, 0.29) is 6.73 Å². The van der Waals surface area contributed by atoms with Gasteiger partial charge in [0.25, 0.3) is 0 Å². The van der Waals surface area contributed by atoms with Crippen LogP contribution in [0.5, 0.6) is 0 Å². The van der Waals surface area contributed by atoms with Crippen molar-refractivity contribution in [2.45, 2.75) is 0 Å². The Kier molecular flexibility index (Phi) is 2.91. The standard InChI is InChI=1S/C8H10BrNO/c1-10(6-11)8-5-3-2-4-7(8)9/h2-5,11H,6H2,1H3. The highest BCUT2D eigenvalue weighted by molar-refractivity contribution is 9.10. The molecule has 0 fully saturated rings. The van der Waals surface area contributed by atoms with Crippen LogP contribution in [0.15, 0.2) is 28.7 Å². The molecule has 0 aliphatic rings. The van der Waals surface area contributed by atoms with E-state index in [1.54, 1.807) is 4.90 Å². The quantitative estimate of drug-likeness (QED) is 0.762. The number of benzene rings is 1. The molecule has 2 nitrogen and oxygen atoms in total. The summed E-state index contributed by atoms with van der Waals surface area (Å²) in [6.45, 7) is 0.0304. The second-order valence-electron chi connectivity index (χ2n) is 2.29. The molecule has 1 rings (SSSR count). The Bertz CT molecular complexity index is 239. The molecule has 0 saturated heterocycles. The fourth-order valence-electron chi connectivity index (χ4n) is 0.837. The van der Waals surface area contributed by atoms with Gasteiger partial charge in [-0.2, -0.15) is 0 Å². The van der Waals surface area contributed by atoms with E-state index in [9.17, 15) is 0 Å². The Morgan fingerprint density at radius 2 is 2.09 bits per heavy atom. The summed E-state index contributed by atoms with van der Waals surface area (Å²) in [5.41, 5.74) is 0.995. The van der Waals surface area contributed by atoms with Crippen molar-refractivity contribution in [2.24, 2.45) is 0 Å². The van der Waals surface area contributed by atoms with Crippen LogP contribution >= 0.6 is 15.9 Å². The van der Waals surface area contributed by atoms with Crippen molar-refractivity contribution in [2.75, 3.05) is 18.7 Å². The molecule has 0 heterocycles. The number of anilines is 1. The van der Waals surface area contributed by atoms with Crippen LogP contribution in [-0.2, 0) is 0 Å². The molecule has 0 bridgehead atoms. The van der Waals surface area contributed by atoms with Gasteiger partial charge in [-0.25, -0.2) is 0 Å². The maximum Gasteiger partial charge on any atom is 0.115 e. The van der Waals surface area contributed by atoms with Gasteiger partial charge in [-0.3, -0.25) is 0 Å². The minimum absolute atomic E-state index is 0.0304. The van der Waals surface area contributed by atoms with Gasteiger partial charge in [-0.1, -0.05) is 12.1 Å². The van der Waals surface area contributed by atoms with Crippen molar-refractivity contribution in [1.82, 2.24) is 0 Å². The van der Waals surface area contributed by atoms with Crippen LogP contribution in [0.3, 0.4) is 0 Å². The number of aliphatic hydroxyl groups excluding tert-OH is 1. The summed E-state index contributed by atoms with van der Waals surface area (Å²) in [6.07, 6.45) is 0. The Morgan fingerprint density at radius 1 is 1.45 bits per heavy atom. The number of rotatable bonds is 2. The summed E-state index contributed by atoms with van der Waals surface area (Å²) >= 11 is 3.38. The average Bonchev–Trinajstić information content (AvgIpc) is 2.04. The van der Waals surface area contributed by atoms with E-state index in [0.717, 1.165) is 10.2 Å². The second-order valence-corrected chi connectivity index (χ2v) is 3.15. The number of halogens is 1. The largest absolute Gasteiger partial charge is 0.376 e. The van der Waals surface area contributed by atoms with Crippen LogP contribution in [0.4, 0.5) is 5.69 Å². The summed E-state index contributed by atoms with van der Waals surface area (Å²) in [7, 11) is 1.83. The van der Waals surface area contributed by atoms with Gasteiger partial charge in [-0.15, -0.1) is 0 Å². The molecule has 3 heteroatoms. The summed E-state index contributed by atoms with van der Waals surface area (Å²) in [6, 6.07) is 7.77. The van der Waals surface area contributed by atoms with Crippen molar-refractivity contribution < 1.29 is 5.11 Å². The lowest BCUT2D eigenvalue weighted by Gasteiger charge is -2.16. The highest BCUT2D eigenvalue weighted by atomic mass is 79.9. The molecular weight excluding hydrogens is 206 g/mol. The molecule has 0 amide bonds. The highest BCUT2D eigenvalue weighted by Gasteiger charge is 2.01. The minimum Gasteiger partial charge on any atom is -0.376 e. The summed E-state index contributed by atoms with van der Waals surface area (Å²) in [5.74, 6) is 0. The molecular formula is C8H10BrNO. The molecule has 0 atom stereocenters. The van der Waals surface area contributed by atoms with E-state index in [0.29, 0.717) is 0 Å². The van der Waals surface area contributed by atoms with E-state index in [2.05, 4.69) is 15.9 Å². The van der Waals surface area contributed by atoms with Crippen molar-refractivity contribution >= 4 is 21.6 Å². The average molecular weight is 216 g/mol. The Balaban J connectivity index is 2.93. The van der Waals surface area contributed by atoms with Gasteiger partial charge < -0.3 is 10.0 Å². The molecule has 60 valence electrons. The van der Waals surface area contributed by atoms with Crippen molar-refractivity contribution in [1.29, 1.82) is 0 Å². The van der Waals surface area contributed by atoms with E-state index >= 15 is 0 Å². The highest BCUT2D eigenvalue weighted by Crippen LogP contribution is 2.23. The minimum atomic E-state index is 0.0304. The summed E-state index contributed by atoms with van der Waals surface area (Å²) < 4.78 is 0.997. The zero-order chi connectivity index (χ0) is 8.27.